The Morgan fingerprint density at radius 2 is 1.82 bits per heavy atom. The predicted octanol–water partition coefficient (Wildman–Crippen LogP) is 2.40. The minimum absolute atomic E-state index is 0.952. The van der Waals surface area contributed by atoms with Gasteiger partial charge in [-0.1, -0.05) is 18.2 Å². The van der Waals surface area contributed by atoms with Gasteiger partial charge in [-0.15, -0.1) is 0 Å². The van der Waals surface area contributed by atoms with Gasteiger partial charge in [0, 0.05) is 5.56 Å². The van der Waals surface area contributed by atoms with Crippen LogP contribution in [0, 0.1) is 6.92 Å². The van der Waals surface area contributed by atoms with E-state index >= 15 is 0 Å². The Kier molecular flexibility index (Phi) is 3.78. The van der Waals surface area contributed by atoms with Gasteiger partial charge in [0.1, 0.15) is 18.0 Å². The molecular weight excluding hydrogens is 210 g/mol. The maximum absolute atomic E-state index is 5.25. The van der Waals surface area contributed by atoms with Gasteiger partial charge in [-0.25, -0.2) is 0 Å². The largest absolute Gasteiger partial charge is 0.496 e. The topological polar surface area (TPSA) is 25.8 Å². The fourth-order valence-electron chi connectivity index (χ4n) is 1.89. The predicted molar refractivity (Wildman–Crippen MR) is 69.5 cm³/mol. The van der Waals surface area contributed by atoms with E-state index in [1.807, 2.05) is 12.1 Å². The van der Waals surface area contributed by atoms with Crippen LogP contribution in [0.4, 0.5) is 5.69 Å². The Morgan fingerprint density at radius 3 is 2.47 bits per heavy atom. The van der Waals surface area contributed by atoms with Crippen LogP contribution in [0.5, 0.6) is 5.75 Å². The lowest BCUT2D eigenvalue weighted by Crippen LogP contribution is -2.76. The molecule has 2 N–H and O–H groups in total. The van der Waals surface area contributed by atoms with Crippen LogP contribution in [0.1, 0.15) is 11.1 Å². The van der Waals surface area contributed by atoms with Crippen LogP contribution in [-0.4, -0.2) is 7.11 Å². The SMILES string of the molecule is COc1ccc(C[NH2+]c2ccccc2)cc1C. The van der Waals surface area contributed by atoms with Crippen molar-refractivity contribution < 1.29 is 10.1 Å². The third kappa shape index (κ3) is 3.08. The number of hydrogen-bond donors (Lipinski definition) is 1. The molecular formula is C15H18NO+. The van der Waals surface area contributed by atoms with Crippen LogP contribution in [-0.2, 0) is 6.54 Å². The summed E-state index contributed by atoms with van der Waals surface area (Å²) in [4.78, 5) is 0. The standard InChI is InChI=1S/C15H17NO/c1-12-10-13(8-9-15(12)17-2)11-16-14-6-4-3-5-7-14/h3-10,16H,11H2,1-2H3/p+1. The zero-order valence-electron chi connectivity index (χ0n) is 10.3. The summed E-state index contributed by atoms with van der Waals surface area (Å²) >= 11 is 0. The van der Waals surface area contributed by atoms with Gasteiger partial charge in [0.15, 0.2) is 0 Å². The second kappa shape index (κ2) is 5.51. The van der Waals surface area contributed by atoms with Crippen molar-refractivity contribution in [2.75, 3.05) is 7.11 Å². The Morgan fingerprint density at radius 1 is 1.06 bits per heavy atom. The average molecular weight is 228 g/mol. The van der Waals surface area contributed by atoms with Crippen molar-refractivity contribution in [3.05, 3.63) is 59.7 Å². The summed E-state index contributed by atoms with van der Waals surface area (Å²) in [5.74, 6) is 0.952. The molecule has 0 saturated carbocycles. The number of para-hydroxylation sites is 1. The third-order valence-corrected chi connectivity index (χ3v) is 2.83. The fraction of sp³-hybridized carbons (Fsp3) is 0.200. The highest BCUT2D eigenvalue weighted by molar-refractivity contribution is 5.36. The molecule has 17 heavy (non-hydrogen) atoms. The van der Waals surface area contributed by atoms with Crippen LogP contribution < -0.4 is 10.1 Å². The van der Waals surface area contributed by atoms with Crippen LogP contribution in [0.25, 0.3) is 0 Å². The summed E-state index contributed by atoms with van der Waals surface area (Å²) < 4.78 is 5.25. The molecule has 0 amide bonds. The number of ether oxygens (including phenoxy) is 1. The highest BCUT2D eigenvalue weighted by Gasteiger charge is 2.02. The first-order valence-corrected chi connectivity index (χ1v) is 5.81. The summed E-state index contributed by atoms with van der Waals surface area (Å²) in [7, 11) is 1.71. The lowest BCUT2D eigenvalue weighted by atomic mass is 10.1. The van der Waals surface area contributed by atoms with E-state index in [2.05, 4.69) is 48.6 Å². The molecule has 0 aliphatic carbocycles. The first-order valence-electron chi connectivity index (χ1n) is 5.81. The zero-order chi connectivity index (χ0) is 12.1. The molecule has 0 saturated heterocycles. The summed E-state index contributed by atoms with van der Waals surface area (Å²) in [6.45, 7) is 3.03. The summed E-state index contributed by atoms with van der Waals surface area (Å²) in [6, 6.07) is 16.7. The van der Waals surface area contributed by atoms with E-state index < -0.39 is 0 Å². The second-order valence-electron chi connectivity index (χ2n) is 4.12. The van der Waals surface area contributed by atoms with Crippen LogP contribution in [0.3, 0.4) is 0 Å². The molecule has 0 fully saturated rings. The molecule has 2 rings (SSSR count). The number of nitrogens with two attached hydrogens (primary N) is 1. The van der Waals surface area contributed by atoms with Gasteiger partial charge in [-0.2, -0.15) is 0 Å². The summed E-state index contributed by atoms with van der Waals surface area (Å²) in [5.41, 5.74) is 3.76. The van der Waals surface area contributed by atoms with Crippen LogP contribution in [0.15, 0.2) is 48.5 Å². The molecule has 0 unspecified atom stereocenters. The van der Waals surface area contributed by atoms with E-state index in [0.29, 0.717) is 0 Å². The lowest BCUT2D eigenvalue weighted by molar-refractivity contribution is -0.588. The van der Waals surface area contributed by atoms with E-state index in [4.69, 9.17) is 4.74 Å². The highest BCUT2D eigenvalue weighted by atomic mass is 16.5. The normalized spacial score (nSPS) is 10.2. The van der Waals surface area contributed by atoms with E-state index in [1.54, 1.807) is 7.11 Å². The molecule has 2 nitrogen and oxygen atoms in total. The molecule has 0 aromatic heterocycles. The lowest BCUT2D eigenvalue weighted by Gasteiger charge is -2.06. The van der Waals surface area contributed by atoms with E-state index in [0.717, 1.165) is 12.3 Å². The third-order valence-electron chi connectivity index (χ3n) is 2.83. The smallest absolute Gasteiger partial charge is 0.129 e. The number of quaternary nitrogens is 1. The Bertz CT molecular complexity index is 480. The molecule has 0 atom stereocenters. The number of methoxy groups -OCH3 is 1. The molecule has 2 heteroatoms. The first kappa shape index (κ1) is 11.7. The molecule has 0 spiro atoms. The Balaban J connectivity index is 2.02. The van der Waals surface area contributed by atoms with Gasteiger partial charge in [0.25, 0.3) is 0 Å². The molecule has 0 bridgehead atoms. The highest BCUT2D eigenvalue weighted by Crippen LogP contribution is 2.17. The molecule has 0 aliphatic heterocycles. The second-order valence-corrected chi connectivity index (χ2v) is 4.12. The zero-order valence-corrected chi connectivity index (χ0v) is 10.3. The van der Waals surface area contributed by atoms with E-state index in [1.165, 1.54) is 16.8 Å². The minimum atomic E-state index is 0.952. The van der Waals surface area contributed by atoms with Crippen molar-refractivity contribution in [3.63, 3.8) is 0 Å². The molecule has 0 radical (unpaired) electrons. The maximum Gasteiger partial charge on any atom is 0.129 e. The molecule has 2 aromatic carbocycles. The van der Waals surface area contributed by atoms with Gasteiger partial charge in [-0.3, -0.25) is 0 Å². The minimum Gasteiger partial charge on any atom is -0.496 e. The number of benzene rings is 2. The number of rotatable bonds is 4. The average Bonchev–Trinajstić information content (AvgIpc) is 2.38. The van der Waals surface area contributed by atoms with Crippen molar-refractivity contribution in [3.8, 4) is 5.75 Å². The van der Waals surface area contributed by atoms with Crippen LogP contribution >= 0.6 is 0 Å². The van der Waals surface area contributed by atoms with Crippen molar-refractivity contribution in [2.24, 2.45) is 0 Å². The van der Waals surface area contributed by atoms with Gasteiger partial charge in [-0.05, 0) is 42.8 Å². The van der Waals surface area contributed by atoms with E-state index in [-0.39, 0.29) is 0 Å². The van der Waals surface area contributed by atoms with Crippen molar-refractivity contribution in [2.45, 2.75) is 13.5 Å². The molecule has 0 aliphatic rings. The van der Waals surface area contributed by atoms with Crippen molar-refractivity contribution >= 4 is 5.69 Å². The van der Waals surface area contributed by atoms with Gasteiger partial charge >= 0.3 is 0 Å². The quantitative estimate of drug-likeness (QED) is 0.799. The van der Waals surface area contributed by atoms with Gasteiger partial charge in [0.2, 0.25) is 0 Å². The first-order chi connectivity index (χ1) is 8.29. The van der Waals surface area contributed by atoms with Crippen molar-refractivity contribution in [1.82, 2.24) is 0 Å². The Hall–Kier alpha value is -1.80. The fourth-order valence-corrected chi connectivity index (χ4v) is 1.89. The number of hydrogen-bond acceptors (Lipinski definition) is 1. The maximum atomic E-state index is 5.25. The number of aryl methyl sites for hydroxylation is 1. The van der Waals surface area contributed by atoms with Crippen LogP contribution in [0.2, 0.25) is 0 Å². The molecule has 0 heterocycles. The van der Waals surface area contributed by atoms with E-state index in [9.17, 15) is 0 Å². The molecule has 2 aromatic rings. The van der Waals surface area contributed by atoms with Gasteiger partial charge in [0.05, 0.1) is 7.11 Å². The Labute approximate surface area is 102 Å². The molecule has 88 valence electrons. The summed E-state index contributed by atoms with van der Waals surface area (Å²) in [6.07, 6.45) is 0. The monoisotopic (exact) mass is 228 g/mol. The van der Waals surface area contributed by atoms with Gasteiger partial charge < -0.3 is 10.1 Å². The summed E-state index contributed by atoms with van der Waals surface area (Å²) in [5, 5.41) is 2.24. The van der Waals surface area contributed by atoms with Crippen molar-refractivity contribution in [1.29, 1.82) is 0 Å².